The third-order valence-corrected chi connectivity index (χ3v) is 4.78. The smallest absolute Gasteiger partial charge is 0.329 e. The number of carboxylic acid groups (broad SMARTS) is 1. The van der Waals surface area contributed by atoms with Crippen molar-refractivity contribution in [2.75, 3.05) is 19.6 Å². The number of carbonyl (C=O) groups excluding carboxylic acids is 2. The Hall–Kier alpha value is -2.37. The van der Waals surface area contributed by atoms with Crippen LogP contribution in [0, 0.1) is 0 Å². The van der Waals surface area contributed by atoms with Crippen molar-refractivity contribution < 1.29 is 19.5 Å². The first-order valence-corrected chi connectivity index (χ1v) is 8.29. The van der Waals surface area contributed by atoms with E-state index in [0.717, 1.165) is 0 Å². The highest BCUT2D eigenvalue weighted by atomic mass is 16.4. The summed E-state index contributed by atoms with van der Waals surface area (Å²) >= 11 is 0. The van der Waals surface area contributed by atoms with Gasteiger partial charge in [0.1, 0.15) is 5.54 Å². The van der Waals surface area contributed by atoms with E-state index < -0.39 is 11.5 Å². The van der Waals surface area contributed by atoms with Crippen LogP contribution in [0.3, 0.4) is 0 Å². The summed E-state index contributed by atoms with van der Waals surface area (Å²) in [4.78, 5) is 39.6. The van der Waals surface area contributed by atoms with Crippen LogP contribution in [0.25, 0.3) is 0 Å². The van der Waals surface area contributed by atoms with Crippen LogP contribution in [-0.4, -0.2) is 57.9 Å². The van der Waals surface area contributed by atoms with Crippen molar-refractivity contribution in [1.82, 2.24) is 9.80 Å². The summed E-state index contributed by atoms with van der Waals surface area (Å²) < 4.78 is 0. The highest BCUT2D eigenvalue weighted by Gasteiger charge is 2.46. The molecule has 0 saturated carbocycles. The summed E-state index contributed by atoms with van der Waals surface area (Å²) in [5.41, 5.74) is -0.231. The first-order chi connectivity index (χ1) is 11.3. The van der Waals surface area contributed by atoms with Gasteiger partial charge in [0, 0.05) is 30.8 Å². The molecule has 6 nitrogen and oxygen atoms in total. The number of likely N-dealkylation sites (tertiary alicyclic amines) is 1. The van der Waals surface area contributed by atoms with E-state index in [1.54, 1.807) is 36.1 Å². The predicted octanol–water partition coefficient (Wildman–Crippen LogP) is 2.25. The van der Waals surface area contributed by atoms with Crippen LogP contribution in [0.4, 0.5) is 0 Å². The van der Waals surface area contributed by atoms with Gasteiger partial charge in [0.05, 0.1) is 0 Å². The number of rotatable bonds is 5. The SMILES string of the molecule is CCN(CC)C(=O)c1ccc(C(=O)N2CCCC2(C)C(=O)O)cc1. The maximum absolute atomic E-state index is 12.7. The van der Waals surface area contributed by atoms with Gasteiger partial charge in [-0.05, 0) is 57.9 Å². The monoisotopic (exact) mass is 332 g/mol. The minimum Gasteiger partial charge on any atom is -0.480 e. The number of carbonyl (C=O) groups is 3. The van der Waals surface area contributed by atoms with Gasteiger partial charge in [-0.15, -0.1) is 0 Å². The van der Waals surface area contributed by atoms with Gasteiger partial charge in [-0.2, -0.15) is 0 Å². The molecule has 1 unspecified atom stereocenters. The van der Waals surface area contributed by atoms with Crippen LogP contribution < -0.4 is 0 Å². The van der Waals surface area contributed by atoms with Crippen LogP contribution in [0.5, 0.6) is 0 Å². The molecule has 6 heteroatoms. The number of hydrogen-bond donors (Lipinski definition) is 1. The number of benzene rings is 1. The molecule has 0 spiro atoms. The quantitative estimate of drug-likeness (QED) is 0.897. The van der Waals surface area contributed by atoms with Crippen LogP contribution >= 0.6 is 0 Å². The molecule has 1 heterocycles. The summed E-state index contributed by atoms with van der Waals surface area (Å²) in [7, 11) is 0. The number of carboxylic acids is 1. The maximum Gasteiger partial charge on any atom is 0.329 e. The van der Waals surface area contributed by atoms with Gasteiger partial charge >= 0.3 is 5.97 Å². The third kappa shape index (κ3) is 3.13. The number of amides is 2. The van der Waals surface area contributed by atoms with Gasteiger partial charge in [-0.25, -0.2) is 4.79 Å². The van der Waals surface area contributed by atoms with Crippen molar-refractivity contribution in [3.8, 4) is 0 Å². The zero-order chi connectivity index (χ0) is 17.9. The topological polar surface area (TPSA) is 77.9 Å². The molecule has 1 atom stereocenters. The first-order valence-electron chi connectivity index (χ1n) is 8.29. The Bertz CT molecular complexity index is 637. The zero-order valence-electron chi connectivity index (χ0n) is 14.4. The highest BCUT2D eigenvalue weighted by molar-refractivity contribution is 6.00. The summed E-state index contributed by atoms with van der Waals surface area (Å²) in [5.74, 6) is -1.36. The second-order valence-electron chi connectivity index (χ2n) is 6.19. The molecule has 2 amide bonds. The maximum atomic E-state index is 12.7. The molecule has 0 aromatic heterocycles. The fourth-order valence-electron chi connectivity index (χ4n) is 3.12. The Balaban J connectivity index is 2.20. The molecule has 1 aliphatic heterocycles. The highest BCUT2D eigenvalue weighted by Crippen LogP contribution is 2.30. The van der Waals surface area contributed by atoms with Crippen molar-refractivity contribution in [3.63, 3.8) is 0 Å². The van der Waals surface area contributed by atoms with Gasteiger partial charge < -0.3 is 14.9 Å². The van der Waals surface area contributed by atoms with E-state index in [4.69, 9.17) is 0 Å². The minimum absolute atomic E-state index is 0.0736. The summed E-state index contributed by atoms with van der Waals surface area (Å²) in [6, 6.07) is 6.45. The average molecular weight is 332 g/mol. The molecule has 1 aliphatic rings. The largest absolute Gasteiger partial charge is 0.480 e. The Morgan fingerprint density at radius 3 is 2.17 bits per heavy atom. The first kappa shape index (κ1) is 18.0. The molecule has 0 aliphatic carbocycles. The molecule has 1 N–H and O–H groups in total. The second-order valence-corrected chi connectivity index (χ2v) is 6.19. The van der Waals surface area contributed by atoms with E-state index in [2.05, 4.69) is 0 Å². The van der Waals surface area contributed by atoms with Crippen LogP contribution in [-0.2, 0) is 4.79 Å². The lowest BCUT2D eigenvalue weighted by atomic mass is 9.98. The summed E-state index contributed by atoms with van der Waals surface area (Å²) in [5, 5.41) is 9.43. The summed E-state index contributed by atoms with van der Waals surface area (Å²) in [6.45, 7) is 7.10. The second kappa shape index (κ2) is 7.03. The fourth-order valence-corrected chi connectivity index (χ4v) is 3.12. The predicted molar refractivity (Wildman–Crippen MR) is 90.0 cm³/mol. The van der Waals surface area contributed by atoms with Crippen molar-refractivity contribution in [1.29, 1.82) is 0 Å². The van der Waals surface area contributed by atoms with Crippen molar-refractivity contribution in [2.24, 2.45) is 0 Å². The van der Waals surface area contributed by atoms with E-state index in [-0.39, 0.29) is 11.8 Å². The molecule has 2 rings (SSSR count). The Morgan fingerprint density at radius 1 is 1.12 bits per heavy atom. The standard InChI is InChI=1S/C18H24N2O4/c1-4-19(5-2)15(21)13-7-9-14(10-8-13)16(22)20-12-6-11-18(20,3)17(23)24/h7-10H,4-6,11-12H2,1-3H3,(H,23,24). The van der Waals surface area contributed by atoms with Gasteiger partial charge in [0.25, 0.3) is 11.8 Å². The lowest BCUT2D eigenvalue weighted by molar-refractivity contribution is -0.147. The zero-order valence-corrected chi connectivity index (χ0v) is 14.4. The van der Waals surface area contributed by atoms with Crippen molar-refractivity contribution >= 4 is 17.8 Å². The Kier molecular flexibility index (Phi) is 5.26. The molecular formula is C18H24N2O4. The van der Waals surface area contributed by atoms with Gasteiger partial charge in [-0.1, -0.05) is 0 Å². The van der Waals surface area contributed by atoms with E-state index in [0.29, 0.717) is 43.6 Å². The lowest BCUT2D eigenvalue weighted by Crippen LogP contribution is -2.50. The van der Waals surface area contributed by atoms with Gasteiger partial charge in [-0.3, -0.25) is 9.59 Å². The average Bonchev–Trinajstić information content (AvgIpc) is 2.98. The number of hydrogen-bond acceptors (Lipinski definition) is 3. The van der Waals surface area contributed by atoms with Crippen molar-refractivity contribution in [2.45, 2.75) is 39.2 Å². The molecule has 24 heavy (non-hydrogen) atoms. The van der Waals surface area contributed by atoms with Crippen LogP contribution in [0.15, 0.2) is 24.3 Å². The molecule has 130 valence electrons. The van der Waals surface area contributed by atoms with E-state index in [1.165, 1.54) is 4.90 Å². The van der Waals surface area contributed by atoms with Gasteiger partial charge in [0.2, 0.25) is 0 Å². The van der Waals surface area contributed by atoms with Gasteiger partial charge in [0.15, 0.2) is 0 Å². The molecule has 1 fully saturated rings. The van der Waals surface area contributed by atoms with Crippen molar-refractivity contribution in [3.05, 3.63) is 35.4 Å². The fraction of sp³-hybridized carbons (Fsp3) is 0.500. The molecule has 1 aromatic carbocycles. The molecular weight excluding hydrogens is 308 g/mol. The minimum atomic E-state index is -1.16. The number of aliphatic carboxylic acids is 1. The Morgan fingerprint density at radius 2 is 1.67 bits per heavy atom. The normalized spacial score (nSPS) is 20.0. The Labute approximate surface area is 142 Å². The molecule has 1 aromatic rings. The number of nitrogens with zero attached hydrogens (tertiary/aromatic N) is 2. The van der Waals surface area contributed by atoms with E-state index in [9.17, 15) is 19.5 Å². The lowest BCUT2D eigenvalue weighted by Gasteiger charge is -2.31. The van der Waals surface area contributed by atoms with Crippen LogP contribution in [0.2, 0.25) is 0 Å². The van der Waals surface area contributed by atoms with E-state index in [1.807, 2.05) is 13.8 Å². The molecule has 0 radical (unpaired) electrons. The summed E-state index contributed by atoms with van der Waals surface area (Å²) in [6.07, 6.45) is 1.12. The van der Waals surface area contributed by atoms with Crippen LogP contribution in [0.1, 0.15) is 54.3 Å². The molecule has 1 saturated heterocycles. The van der Waals surface area contributed by atoms with E-state index >= 15 is 0 Å². The third-order valence-electron chi connectivity index (χ3n) is 4.78. The molecule has 0 bridgehead atoms.